The van der Waals surface area contributed by atoms with E-state index in [-0.39, 0.29) is 11.8 Å². The van der Waals surface area contributed by atoms with Gasteiger partial charge in [0.1, 0.15) is 5.15 Å². The van der Waals surface area contributed by atoms with Crippen molar-refractivity contribution in [3.63, 3.8) is 0 Å². The van der Waals surface area contributed by atoms with Gasteiger partial charge in [-0.05, 0) is 35.4 Å². The first-order valence-corrected chi connectivity index (χ1v) is 10.8. The maximum Gasteiger partial charge on any atom is 0.345 e. The van der Waals surface area contributed by atoms with E-state index in [0.29, 0.717) is 45.0 Å². The third-order valence-electron chi connectivity index (χ3n) is 5.02. The Morgan fingerprint density at radius 1 is 1.00 bits per heavy atom. The minimum absolute atomic E-state index is 0.141. The lowest BCUT2D eigenvalue weighted by atomic mass is 10.00. The largest absolute Gasteiger partial charge is 0.345 e. The lowest BCUT2D eigenvalue weighted by Crippen LogP contribution is -2.43. The molecule has 2 aromatic carbocycles. The number of aromatic nitrogens is 1. The molecule has 3 aromatic rings. The molecule has 1 aliphatic rings. The summed E-state index contributed by atoms with van der Waals surface area (Å²) in [5.41, 5.74) is 3.15. The minimum atomic E-state index is -0.261. The molecule has 9 heteroatoms. The van der Waals surface area contributed by atoms with Crippen molar-refractivity contribution in [2.24, 2.45) is 5.10 Å². The van der Waals surface area contributed by atoms with Crippen LogP contribution < -0.4 is 5.01 Å². The summed E-state index contributed by atoms with van der Waals surface area (Å²) in [6, 6.07) is 13.5. The molecule has 0 fully saturated rings. The first-order valence-electron chi connectivity index (χ1n) is 9.64. The van der Waals surface area contributed by atoms with E-state index >= 15 is 0 Å². The van der Waals surface area contributed by atoms with Crippen LogP contribution in [0.25, 0.3) is 0 Å². The van der Waals surface area contributed by atoms with Crippen LogP contribution in [0.1, 0.15) is 27.0 Å². The second-order valence-corrected chi connectivity index (χ2v) is 8.43. The van der Waals surface area contributed by atoms with E-state index in [1.54, 1.807) is 49.7 Å². The molecule has 2 heterocycles. The van der Waals surface area contributed by atoms with E-state index in [9.17, 15) is 9.59 Å². The molecule has 0 N–H and O–H groups in total. The normalized spacial score (nSPS) is 13.6. The number of carbonyl (C=O) groups excluding carboxylic acids is 2. The van der Waals surface area contributed by atoms with E-state index in [1.165, 1.54) is 16.1 Å². The number of nitrogens with zero attached hydrogens (tertiary/aromatic N) is 4. The third kappa shape index (κ3) is 4.63. The Kier molecular flexibility index (Phi) is 6.46. The van der Waals surface area contributed by atoms with E-state index in [4.69, 9.17) is 34.8 Å². The van der Waals surface area contributed by atoms with Crippen LogP contribution in [-0.4, -0.2) is 41.5 Å². The summed E-state index contributed by atoms with van der Waals surface area (Å²) >= 11 is 18.8. The van der Waals surface area contributed by atoms with Crippen LogP contribution in [0.2, 0.25) is 15.2 Å². The standard InChI is InChI=1S/C23H17Cl3N4O2/c1-29-9-8-28-30(23(29)32)17-11-19(24)18(20(25)12-17)10-14-2-4-15(5-3-14)22(31)16-6-7-21(26)27-13-16/h2-8,11-13H,9-10H2,1H3. The highest BCUT2D eigenvalue weighted by Gasteiger charge is 2.23. The number of rotatable bonds is 5. The number of halogens is 3. The molecule has 0 bridgehead atoms. The average molecular weight is 488 g/mol. The van der Waals surface area contributed by atoms with Gasteiger partial charge in [-0.15, -0.1) is 0 Å². The van der Waals surface area contributed by atoms with Crippen molar-refractivity contribution in [3.05, 3.63) is 92.2 Å². The van der Waals surface area contributed by atoms with Crippen molar-refractivity contribution >= 4 is 58.5 Å². The highest BCUT2D eigenvalue weighted by molar-refractivity contribution is 6.36. The van der Waals surface area contributed by atoms with Gasteiger partial charge >= 0.3 is 6.03 Å². The number of hydrogen-bond donors (Lipinski definition) is 0. The Morgan fingerprint density at radius 2 is 1.66 bits per heavy atom. The molecule has 0 saturated heterocycles. The van der Waals surface area contributed by atoms with Crippen molar-refractivity contribution in [3.8, 4) is 0 Å². The molecule has 32 heavy (non-hydrogen) atoms. The number of anilines is 1. The Morgan fingerprint density at radius 3 is 2.28 bits per heavy atom. The predicted molar refractivity (Wildman–Crippen MR) is 127 cm³/mol. The maximum atomic E-state index is 12.6. The molecule has 2 amide bonds. The average Bonchev–Trinajstić information content (AvgIpc) is 2.78. The topological polar surface area (TPSA) is 65.9 Å². The van der Waals surface area contributed by atoms with Gasteiger partial charge in [-0.3, -0.25) is 4.79 Å². The van der Waals surface area contributed by atoms with Crippen LogP contribution in [0, 0.1) is 0 Å². The highest BCUT2D eigenvalue weighted by Crippen LogP contribution is 2.33. The highest BCUT2D eigenvalue weighted by atomic mass is 35.5. The molecular weight excluding hydrogens is 471 g/mol. The second kappa shape index (κ2) is 9.28. The first-order chi connectivity index (χ1) is 15.3. The molecule has 0 spiro atoms. The van der Waals surface area contributed by atoms with Gasteiger partial charge in [0.05, 0.1) is 12.2 Å². The summed E-state index contributed by atoms with van der Waals surface area (Å²) in [6.45, 7) is 0.446. The van der Waals surface area contributed by atoms with Gasteiger partial charge in [0.25, 0.3) is 0 Å². The van der Waals surface area contributed by atoms with Crippen LogP contribution in [0.3, 0.4) is 0 Å². The number of pyridine rings is 1. The summed E-state index contributed by atoms with van der Waals surface area (Å²) in [4.78, 5) is 30.4. The molecule has 4 rings (SSSR count). The molecule has 162 valence electrons. The molecule has 1 aliphatic heterocycles. The zero-order valence-electron chi connectivity index (χ0n) is 16.9. The predicted octanol–water partition coefficient (Wildman–Crippen LogP) is 5.72. The van der Waals surface area contributed by atoms with E-state index < -0.39 is 0 Å². The van der Waals surface area contributed by atoms with Gasteiger partial charge in [-0.25, -0.2) is 9.78 Å². The fourth-order valence-corrected chi connectivity index (χ4v) is 3.96. The molecule has 1 aromatic heterocycles. The number of urea groups is 1. The molecule has 6 nitrogen and oxygen atoms in total. The second-order valence-electron chi connectivity index (χ2n) is 7.23. The van der Waals surface area contributed by atoms with Gasteiger partial charge in [-0.2, -0.15) is 10.1 Å². The number of hydrazone groups is 1. The van der Waals surface area contributed by atoms with Gasteiger partial charge < -0.3 is 4.90 Å². The summed E-state index contributed by atoms with van der Waals surface area (Å²) in [5.74, 6) is -0.141. The number of benzene rings is 2. The summed E-state index contributed by atoms with van der Waals surface area (Å²) in [5, 5.41) is 6.59. The van der Waals surface area contributed by atoms with Crippen molar-refractivity contribution in [1.29, 1.82) is 0 Å². The van der Waals surface area contributed by atoms with Crippen LogP contribution in [0.5, 0.6) is 0 Å². The molecule has 0 unspecified atom stereocenters. The quantitative estimate of drug-likeness (QED) is 0.341. The van der Waals surface area contributed by atoms with Crippen LogP contribution in [0.15, 0.2) is 59.8 Å². The van der Waals surface area contributed by atoms with Gasteiger partial charge in [0.2, 0.25) is 0 Å². The lowest BCUT2D eigenvalue weighted by Gasteiger charge is -2.27. The number of ketones is 1. The van der Waals surface area contributed by atoms with Gasteiger partial charge in [-0.1, -0.05) is 59.1 Å². The van der Waals surface area contributed by atoms with E-state index in [0.717, 1.165) is 11.1 Å². The van der Waals surface area contributed by atoms with E-state index in [2.05, 4.69) is 10.1 Å². The molecule has 0 saturated carbocycles. The Labute approximate surface area is 200 Å². The summed E-state index contributed by atoms with van der Waals surface area (Å²) in [7, 11) is 1.69. The fourth-order valence-electron chi connectivity index (χ4n) is 3.24. The zero-order chi connectivity index (χ0) is 22.8. The first kappa shape index (κ1) is 22.3. The van der Waals surface area contributed by atoms with Crippen molar-refractivity contribution in [2.75, 3.05) is 18.6 Å². The van der Waals surface area contributed by atoms with Crippen molar-refractivity contribution in [2.45, 2.75) is 6.42 Å². The molecular formula is C23H17Cl3N4O2. The summed E-state index contributed by atoms with van der Waals surface area (Å²) in [6.07, 6.45) is 3.56. The molecule has 0 atom stereocenters. The lowest BCUT2D eigenvalue weighted by molar-refractivity contribution is 0.103. The molecule has 0 radical (unpaired) electrons. The minimum Gasteiger partial charge on any atom is -0.321 e. The smallest absolute Gasteiger partial charge is 0.321 e. The van der Waals surface area contributed by atoms with Crippen LogP contribution in [-0.2, 0) is 6.42 Å². The Hall–Kier alpha value is -2.93. The van der Waals surface area contributed by atoms with E-state index in [1.807, 2.05) is 12.1 Å². The van der Waals surface area contributed by atoms with Crippen LogP contribution in [0.4, 0.5) is 10.5 Å². The molecule has 0 aliphatic carbocycles. The number of hydrogen-bond acceptors (Lipinski definition) is 4. The third-order valence-corrected chi connectivity index (χ3v) is 5.92. The van der Waals surface area contributed by atoms with Crippen molar-refractivity contribution in [1.82, 2.24) is 9.88 Å². The summed E-state index contributed by atoms with van der Waals surface area (Å²) < 4.78 is 0. The maximum absolute atomic E-state index is 12.6. The number of carbonyl (C=O) groups is 2. The zero-order valence-corrected chi connectivity index (χ0v) is 19.2. The fraction of sp³-hybridized carbons (Fsp3) is 0.130. The number of amides is 2. The van der Waals surface area contributed by atoms with Crippen molar-refractivity contribution < 1.29 is 9.59 Å². The SMILES string of the molecule is CN1CC=NN(c2cc(Cl)c(Cc3ccc(C(=O)c4ccc(Cl)nc4)cc3)c(Cl)c2)C1=O. The van der Waals surface area contributed by atoms with Gasteiger partial charge in [0.15, 0.2) is 5.78 Å². The Balaban J connectivity index is 1.53. The monoisotopic (exact) mass is 486 g/mol. The Bertz CT molecular complexity index is 1190. The van der Waals surface area contributed by atoms with Gasteiger partial charge in [0, 0.05) is 47.1 Å². The van der Waals surface area contributed by atoms with Crippen LogP contribution >= 0.6 is 34.8 Å².